The van der Waals surface area contributed by atoms with Crippen molar-refractivity contribution < 1.29 is 14.3 Å². The van der Waals surface area contributed by atoms with Crippen LogP contribution in [-0.2, 0) is 11.3 Å². The lowest BCUT2D eigenvalue weighted by Crippen LogP contribution is -2.36. The Balaban J connectivity index is 2.23. The molecule has 1 rings (SSSR count). The van der Waals surface area contributed by atoms with Gasteiger partial charge in [-0.3, -0.25) is 9.69 Å². The molecule has 5 nitrogen and oxygen atoms in total. The summed E-state index contributed by atoms with van der Waals surface area (Å²) in [5, 5.41) is 11.1. The highest BCUT2D eigenvalue weighted by atomic mass is 16.3. The molecule has 1 heterocycles. The fourth-order valence-electron chi connectivity index (χ4n) is 1.22. The first kappa shape index (κ1) is 11.7. The van der Waals surface area contributed by atoms with Gasteiger partial charge in [0.1, 0.15) is 5.76 Å². The Morgan fingerprint density at radius 1 is 1.67 bits per heavy atom. The van der Waals surface area contributed by atoms with Crippen LogP contribution in [0.25, 0.3) is 0 Å². The van der Waals surface area contributed by atoms with E-state index in [1.807, 2.05) is 24.1 Å². The number of carbonyl (C=O) groups excluding carboxylic acids is 1. The highest BCUT2D eigenvalue weighted by molar-refractivity contribution is 5.77. The number of aliphatic hydroxyl groups excluding tert-OH is 1. The highest BCUT2D eigenvalue weighted by Crippen LogP contribution is 2.02. The number of rotatable bonds is 6. The van der Waals surface area contributed by atoms with E-state index < -0.39 is 0 Å². The van der Waals surface area contributed by atoms with Crippen molar-refractivity contribution >= 4 is 5.91 Å². The Labute approximate surface area is 88.7 Å². The average molecular weight is 212 g/mol. The maximum Gasteiger partial charge on any atom is 0.234 e. The molecule has 0 fully saturated rings. The summed E-state index contributed by atoms with van der Waals surface area (Å²) < 4.78 is 5.15. The number of aliphatic hydroxyl groups is 1. The first-order chi connectivity index (χ1) is 7.22. The van der Waals surface area contributed by atoms with Gasteiger partial charge in [-0.1, -0.05) is 0 Å². The molecule has 0 radical (unpaired) electrons. The average Bonchev–Trinajstić information content (AvgIpc) is 2.67. The Kier molecular flexibility index (Phi) is 4.86. The molecule has 0 saturated carbocycles. The summed E-state index contributed by atoms with van der Waals surface area (Å²) in [5.41, 5.74) is 0. The Hall–Kier alpha value is -1.33. The van der Waals surface area contributed by atoms with E-state index in [1.54, 1.807) is 6.26 Å². The van der Waals surface area contributed by atoms with Crippen LogP contribution in [0.4, 0.5) is 0 Å². The molecular formula is C10H16N2O3. The van der Waals surface area contributed by atoms with Crippen LogP contribution < -0.4 is 5.32 Å². The maximum atomic E-state index is 11.2. The molecule has 0 atom stereocenters. The van der Waals surface area contributed by atoms with E-state index in [0.717, 1.165) is 5.76 Å². The SMILES string of the molecule is CN(CC(=O)NCCO)Cc1ccco1. The van der Waals surface area contributed by atoms with Gasteiger partial charge in [-0.2, -0.15) is 0 Å². The summed E-state index contributed by atoms with van der Waals surface area (Å²) in [4.78, 5) is 13.1. The van der Waals surface area contributed by atoms with E-state index in [1.165, 1.54) is 0 Å². The molecule has 0 aliphatic heterocycles. The summed E-state index contributed by atoms with van der Waals surface area (Å²) >= 11 is 0. The first-order valence-corrected chi connectivity index (χ1v) is 4.81. The minimum absolute atomic E-state index is 0.0341. The molecule has 0 aliphatic carbocycles. The van der Waals surface area contributed by atoms with Gasteiger partial charge in [0.15, 0.2) is 0 Å². The molecule has 1 aromatic rings. The van der Waals surface area contributed by atoms with Crippen molar-refractivity contribution in [1.29, 1.82) is 0 Å². The fraction of sp³-hybridized carbons (Fsp3) is 0.500. The van der Waals surface area contributed by atoms with Crippen LogP contribution in [0.15, 0.2) is 22.8 Å². The zero-order chi connectivity index (χ0) is 11.1. The first-order valence-electron chi connectivity index (χ1n) is 4.81. The van der Waals surface area contributed by atoms with E-state index in [2.05, 4.69) is 5.32 Å². The molecular weight excluding hydrogens is 196 g/mol. The molecule has 15 heavy (non-hydrogen) atoms. The molecule has 5 heteroatoms. The predicted molar refractivity (Wildman–Crippen MR) is 55.1 cm³/mol. The number of amides is 1. The highest BCUT2D eigenvalue weighted by Gasteiger charge is 2.07. The van der Waals surface area contributed by atoms with Crippen molar-refractivity contribution in [1.82, 2.24) is 10.2 Å². The summed E-state index contributed by atoms with van der Waals surface area (Å²) in [6, 6.07) is 3.68. The van der Waals surface area contributed by atoms with Crippen LogP contribution in [0.3, 0.4) is 0 Å². The molecule has 1 amide bonds. The topological polar surface area (TPSA) is 65.7 Å². The molecule has 0 aromatic carbocycles. The van der Waals surface area contributed by atoms with Crippen molar-refractivity contribution in [3.05, 3.63) is 24.2 Å². The van der Waals surface area contributed by atoms with Gasteiger partial charge in [0.05, 0.1) is 26.0 Å². The Morgan fingerprint density at radius 3 is 3.07 bits per heavy atom. The van der Waals surface area contributed by atoms with Crippen LogP contribution in [0.2, 0.25) is 0 Å². The molecule has 2 N–H and O–H groups in total. The smallest absolute Gasteiger partial charge is 0.234 e. The number of furan rings is 1. The van der Waals surface area contributed by atoms with Gasteiger partial charge in [0.2, 0.25) is 5.91 Å². The zero-order valence-electron chi connectivity index (χ0n) is 8.77. The number of carbonyl (C=O) groups is 1. The van der Waals surface area contributed by atoms with Gasteiger partial charge in [-0.25, -0.2) is 0 Å². The Bertz CT molecular complexity index is 285. The standard InChI is InChI=1S/C10H16N2O3/c1-12(7-9-3-2-6-15-9)8-10(14)11-4-5-13/h2-3,6,13H,4-5,7-8H2,1H3,(H,11,14). The zero-order valence-corrected chi connectivity index (χ0v) is 8.77. The molecule has 0 unspecified atom stereocenters. The molecule has 0 spiro atoms. The van der Waals surface area contributed by atoms with Gasteiger partial charge in [0.25, 0.3) is 0 Å². The van der Waals surface area contributed by atoms with Crippen LogP contribution in [0, 0.1) is 0 Å². The second-order valence-electron chi connectivity index (χ2n) is 3.33. The summed E-state index contributed by atoms with van der Waals surface area (Å²) in [6.45, 7) is 1.15. The Morgan fingerprint density at radius 2 is 2.47 bits per heavy atom. The van der Waals surface area contributed by atoms with E-state index in [4.69, 9.17) is 9.52 Å². The van der Waals surface area contributed by atoms with Crippen LogP contribution in [0.1, 0.15) is 5.76 Å². The number of likely N-dealkylation sites (N-methyl/N-ethyl adjacent to an activating group) is 1. The number of hydrogen-bond acceptors (Lipinski definition) is 4. The molecule has 0 bridgehead atoms. The predicted octanol–water partition coefficient (Wildman–Crippen LogP) is -0.180. The number of nitrogens with one attached hydrogen (secondary N) is 1. The third-order valence-electron chi connectivity index (χ3n) is 1.85. The third kappa shape index (κ3) is 4.62. The van der Waals surface area contributed by atoms with Crippen molar-refractivity contribution in [2.75, 3.05) is 26.7 Å². The second-order valence-corrected chi connectivity index (χ2v) is 3.33. The lowest BCUT2D eigenvalue weighted by molar-refractivity contribution is -0.122. The normalized spacial score (nSPS) is 10.6. The van der Waals surface area contributed by atoms with Gasteiger partial charge in [0, 0.05) is 6.54 Å². The van der Waals surface area contributed by atoms with Crippen molar-refractivity contribution in [3.8, 4) is 0 Å². The largest absolute Gasteiger partial charge is 0.468 e. The van der Waals surface area contributed by atoms with E-state index in [9.17, 15) is 4.79 Å². The van der Waals surface area contributed by atoms with E-state index in [-0.39, 0.29) is 12.5 Å². The van der Waals surface area contributed by atoms with Crippen LogP contribution in [0.5, 0.6) is 0 Å². The molecule has 84 valence electrons. The van der Waals surface area contributed by atoms with Crippen molar-refractivity contribution in [2.45, 2.75) is 6.54 Å². The summed E-state index contributed by atoms with van der Waals surface area (Å²) in [5.74, 6) is 0.727. The van der Waals surface area contributed by atoms with Crippen LogP contribution in [-0.4, -0.2) is 42.7 Å². The third-order valence-corrected chi connectivity index (χ3v) is 1.85. The number of nitrogens with zero attached hydrogens (tertiary/aromatic N) is 1. The number of hydrogen-bond donors (Lipinski definition) is 2. The van der Waals surface area contributed by atoms with Gasteiger partial charge in [-0.15, -0.1) is 0 Å². The minimum Gasteiger partial charge on any atom is -0.468 e. The summed E-state index contributed by atoms with van der Waals surface area (Å²) in [6.07, 6.45) is 1.61. The molecule has 0 saturated heterocycles. The van der Waals surface area contributed by atoms with Gasteiger partial charge >= 0.3 is 0 Å². The van der Waals surface area contributed by atoms with E-state index in [0.29, 0.717) is 19.6 Å². The van der Waals surface area contributed by atoms with Gasteiger partial charge in [-0.05, 0) is 19.2 Å². The lowest BCUT2D eigenvalue weighted by atomic mass is 10.4. The molecule has 1 aromatic heterocycles. The molecule has 0 aliphatic rings. The van der Waals surface area contributed by atoms with Crippen molar-refractivity contribution in [2.24, 2.45) is 0 Å². The minimum atomic E-state index is -0.0990. The van der Waals surface area contributed by atoms with Crippen LogP contribution >= 0.6 is 0 Å². The quantitative estimate of drug-likeness (QED) is 0.686. The second kappa shape index (κ2) is 6.21. The summed E-state index contributed by atoms with van der Waals surface area (Å²) in [7, 11) is 1.83. The fourth-order valence-corrected chi connectivity index (χ4v) is 1.22. The van der Waals surface area contributed by atoms with Gasteiger partial charge < -0.3 is 14.8 Å². The van der Waals surface area contributed by atoms with Crippen molar-refractivity contribution in [3.63, 3.8) is 0 Å². The lowest BCUT2D eigenvalue weighted by Gasteiger charge is -2.14. The maximum absolute atomic E-state index is 11.2. The van der Waals surface area contributed by atoms with E-state index >= 15 is 0 Å². The monoisotopic (exact) mass is 212 g/mol.